The van der Waals surface area contributed by atoms with Crippen LogP contribution in [0, 0.1) is 12.8 Å². The summed E-state index contributed by atoms with van der Waals surface area (Å²) < 4.78 is 17.1. The monoisotopic (exact) mass is 580 g/mol. The average Bonchev–Trinajstić information content (AvgIpc) is 3.19. The van der Waals surface area contributed by atoms with E-state index in [1.165, 1.54) is 31.4 Å². The molecular formula is C30H36N4O6S. The molecule has 2 atom stereocenters. The summed E-state index contributed by atoms with van der Waals surface area (Å²) in [6.07, 6.45) is 2.84. The van der Waals surface area contributed by atoms with Crippen LogP contribution in [0.2, 0.25) is 0 Å². The van der Waals surface area contributed by atoms with Gasteiger partial charge < -0.3 is 30.2 Å². The van der Waals surface area contributed by atoms with Gasteiger partial charge in [-0.05, 0) is 60.6 Å². The van der Waals surface area contributed by atoms with Crippen LogP contribution in [0.3, 0.4) is 0 Å². The molecule has 1 heterocycles. The van der Waals surface area contributed by atoms with Gasteiger partial charge in [0.2, 0.25) is 23.0 Å². The van der Waals surface area contributed by atoms with Crippen LogP contribution < -0.4 is 35.6 Å². The van der Waals surface area contributed by atoms with Gasteiger partial charge >= 0.3 is 0 Å². The molecule has 0 aliphatic heterocycles. The molecule has 41 heavy (non-hydrogen) atoms. The molecule has 2 amide bonds. The van der Waals surface area contributed by atoms with Crippen LogP contribution in [0.5, 0.6) is 17.2 Å². The summed E-state index contributed by atoms with van der Waals surface area (Å²) in [7, 11) is 4.66. The van der Waals surface area contributed by atoms with Crippen LogP contribution in [0.1, 0.15) is 49.2 Å². The number of aryl methyl sites for hydroxylation is 2. The zero-order chi connectivity index (χ0) is 29.8. The van der Waals surface area contributed by atoms with Crippen molar-refractivity contribution in [1.82, 2.24) is 10.3 Å². The number of aromatic nitrogens is 1. The van der Waals surface area contributed by atoms with E-state index in [1.807, 2.05) is 32.9 Å². The number of nitrogens with zero attached hydrogens (tertiary/aromatic N) is 1. The molecule has 0 bridgehead atoms. The van der Waals surface area contributed by atoms with Crippen LogP contribution in [0.15, 0.2) is 35.3 Å². The molecule has 2 aromatic carbocycles. The minimum atomic E-state index is -0.702. The number of fused-ring (bicyclic) bond motifs is 3. The number of anilines is 2. The zero-order valence-corrected chi connectivity index (χ0v) is 25.2. The van der Waals surface area contributed by atoms with Crippen LogP contribution >= 0.6 is 11.3 Å². The topological polar surface area (TPSA) is 128 Å². The first-order valence-electron chi connectivity index (χ1n) is 13.3. The Morgan fingerprint density at radius 1 is 1.07 bits per heavy atom. The number of hydrogen-bond donors (Lipinski definition) is 3. The summed E-state index contributed by atoms with van der Waals surface area (Å²) >= 11 is 1.38. The van der Waals surface area contributed by atoms with Gasteiger partial charge in [-0.25, -0.2) is 4.98 Å². The number of methoxy groups -OCH3 is 3. The third kappa shape index (κ3) is 6.30. The minimum Gasteiger partial charge on any atom is -0.493 e. The fourth-order valence-corrected chi connectivity index (χ4v) is 5.79. The number of ether oxygens (including phenoxy) is 3. The molecule has 10 nitrogen and oxygen atoms in total. The van der Waals surface area contributed by atoms with Crippen LogP contribution in [0.4, 0.5) is 10.8 Å². The molecule has 0 saturated carbocycles. The maximum Gasteiger partial charge on any atom is 0.248 e. The number of carbonyl (C=O) groups is 2. The normalized spacial score (nSPS) is 14.7. The van der Waals surface area contributed by atoms with Crippen molar-refractivity contribution in [2.75, 3.05) is 32.0 Å². The predicted molar refractivity (Wildman–Crippen MR) is 160 cm³/mol. The van der Waals surface area contributed by atoms with Crippen molar-refractivity contribution in [3.05, 3.63) is 56.7 Å². The van der Waals surface area contributed by atoms with E-state index in [1.54, 1.807) is 26.5 Å². The van der Waals surface area contributed by atoms with Gasteiger partial charge in [0.15, 0.2) is 16.6 Å². The summed E-state index contributed by atoms with van der Waals surface area (Å²) in [4.78, 5) is 44.3. The largest absolute Gasteiger partial charge is 0.493 e. The summed E-state index contributed by atoms with van der Waals surface area (Å²) in [6, 6.07) is 5.80. The number of rotatable bonds is 9. The second kappa shape index (κ2) is 12.6. The Balaban J connectivity index is 1.86. The van der Waals surface area contributed by atoms with Crippen LogP contribution in [-0.4, -0.2) is 44.2 Å². The number of nitrogens with one attached hydrogen (secondary N) is 3. The van der Waals surface area contributed by atoms with E-state index >= 15 is 0 Å². The zero-order valence-electron chi connectivity index (χ0n) is 24.3. The van der Waals surface area contributed by atoms with Gasteiger partial charge in [0.05, 0.1) is 33.1 Å². The van der Waals surface area contributed by atoms with Crippen molar-refractivity contribution in [2.24, 2.45) is 5.92 Å². The molecule has 1 aliphatic carbocycles. The maximum atomic E-state index is 13.7. The Kier molecular flexibility index (Phi) is 9.17. The lowest BCUT2D eigenvalue weighted by atomic mass is 9.95. The molecule has 0 saturated heterocycles. The van der Waals surface area contributed by atoms with E-state index < -0.39 is 12.1 Å². The molecule has 1 aromatic heterocycles. The van der Waals surface area contributed by atoms with Gasteiger partial charge in [0.25, 0.3) is 0 Å². The van der Waals surface area contributed by atoms with Crippen LogP contribution in [0.25, 0.3) is 11.1 Å². The Bertz CT molecular complexity index is 1520. The first kappa shape index (κ1) is 29.9. The fraction of sp³-hybridized carbons (Fsp3) is 0.400. The molecule has 0 fully saturated rings. The van der Waals surface area contributed by atoms with Gasteiger partial charge in [-0.15, -0.1) is 11.3 Å². The van der Waals surface area contributed by atoms with Crippen LogP contribution in [-0.2, 0) is 16.0 Å². The summed E-state index contributed by atoms with van der Waals surface area (Å²) in [5, 5.41) is 9.52. The second-order valence-corrected chi connectivity index (χ2v) is 11.5. The van der Waals surface area contributed by atoms with Gasteiger partial charge in [-0.3, -0.25) is 14.4 Å². The highest BCUT2D eigenvalue weighted by molar-refractivity contribution is 7.15. The van der Waals surface area contributed by atoms with Gasteiger partial charge in [0, 0.05) is 23.6 Å². The highest BCUT2D eigenvalue weighted by Gasteiger charge is 2.30. The highest BCUT2D eigenvalue weighted by atomic mass is 32.1. The lowest BCUT2D eigenvalue weighted by Gasteiger charge is -2.21. The highest BCUT2D eigenvalue weighted by Crippen LogP contribution is 2.50. The lowest BCUT2D eigenvalue weighted by molar-refractivity contribution is -0.120. The van der Waals surface area contributed by atoms with Crippen molar-refractivity contribution in [2.45, 2.75) is 52.6 Å². The maximum absolute atomic E-state index is 13.7. The van der Waals surface area contributed by atoms with E-state index in [2.05, 4.69) is 20.9 Å². The van der Waals surface area contributed by atoms with E-state index in [4.69, 9.17) is 14.2 Å². The van der Waals surface area contributed by atoms with Crippen molar-refractivity contribution >= 4 is 34.0 Å². The Hall–Kier alpha value is -4.12. The van der Waals surface area contributed by atoms with Gasteiger partial charge in [0.1, 0.15) is 6.04 Å². The Morgan fingerprint density at radius 3 is 2.39 bits per heavy atom. The van der Waals surface area contributed by atoms with E-state index in [0.29, 0.717) is 46.3 Å². The summed E-state index contributed by atoms with van der Waals surface area (Å²) in [5.41, 5.74) is 2.99. The molecule has 4 rings (SSSR count). The van der Waals surface area contributed by atoms with Crippen molar-refractivity contribution in [3.8, 4) is 28.4 Å². The molecule has 3 N–H and O–H groups in total. The van der Waals surface area contributed by atoms with Crippen molar-refractivity contribution in [1.29, 1.82) is 0 Å². The molecular weight excluding hydrogens is 544 g/mol. The van der Waals surface area contributed by atoms with Crippen molar-refractivity contribution < 1.29 is 23.8 Å². The number of thiazole rings is 1. The number of benzene rings is 1. The van der Waals surface area contributed by atoms with E-state index in [-0.39, 0.29) is 28.8 Å². The van der Waals surface area contributed by atoms with Crippen molar-refractivity contribution in [3.63, 3.8) is 0 Å². The van der Waals surface area contributed by atoms with Gasteiger partial charge in [-0.2, -0.15) is 0 Å². The predicted octanol–water partition coefficient (Wildman–Crippen LogP) is 4.70. The molecule has 3 aromatic rings. The molecule has 11 heteroatoms. The number of amides is 2. The molecule has 218 valence electrons. The van der Waals surface area contributed by atoms with E-state index in [9.17, 15) is 14.4 Å². The Morgan fingerprint density at radius 2 is 1.80 bits per heavy atom. The first-order chi connectivity index (χ1) is 19.6. The Labute approximate surface area is 243 Å². The fourth-order valence-electron chi connectivity index (χ4n) is 5.13. The standard InChI is InChI=1S/C30H36N4O6S/c1-15(2)26(29(37)34-30-31-14-16(3)41-30)33-22-11-9-19-20(13-23(22)36)21(32-17(4)35)10-8-18-12-24(38-5)27(39-6)28(40-7)25(18)19/h9,11-15,21,26H,8,10H2,1-7H3,(H,32,35)(H,33,36)(H,31,34,37). The average molecular weight is 581 g/mol. The summed E-state index contributed by atoms with van der Waals surface area (Å²) in [6.45, 7) is 7.17. The lowest BCUT2D eigenvalue weighted by Crippen LogP contribution is -2.39. The van der Waals surface area contributed by atoms with E-state index in [0.717, 1.165) is 16.0 Å². The molecule has 0 radical (unpaired) electrons. The molecule has 2 unspecified atom stereocenters. The second-order valence-electron chi connectivity index (χ2n) is 10.2. The SMILES string of the molecule is COc1cc2c(c(OC)c1OC)-c1ccc(NC(C(=O)Nc3ncc(C)s3)C(C)C)c(=O)cc1C(NC(C)=O)CC2. The third-order valence-corrected chi connectivity index (χ3v) is 7.86. The van der Waals surface area contributed by atoms with Gasteiger partial charge in [-0.1, -0.05) is 19.9 Å². The number of carbonyl (C=O) groups excluding carboxylic acids is 2. The molecule has 1 aliphatic rings. The molecule has 0 spiro atoms. The first-order valence-corrected chi connectivity index (χ1v) is 14.2. The third-order valence-electron chi connectivity index (χ3n) is 7.03. The number of hydrogen-bond acceptors (Lipinski definition) is 9. The minimum absolute atomic E-state index is 0.136. The smallest absolute Gasteiger partial charge is 0.248 e. The quantitative estimate of drug-likeness (QED) is 0.332. The summed E-state index contributed by atoms with van der Waals surface area (Å²) in [5.74, 6) is 0.790.